The Kier molecular flexibility index (Phi) is 4.93. The van der Waals surface area contributed by atoms with Crippen molar-refractivity contribution in [3.8, 4) is 11.1 Å². The Morgan fingerprint density at radius 2 is 2.06 bits per heavy atom. The first kappa shape index (κ1) is 20.6. The molecule has 32 heavy (non-hydrogen) atoms. The lowest BCUT2D eigenvalue weighted by Gasteiger charge is -2.23. The van der Waals surface area contributed by atoms with E-state index in [1.165, 1.54) is 18.7 Å². The third kappa shape index (κ3) is 3.42. The van der Waals surface area contributed by atoms with E-state index in [1.54, 1.807) is 23.2 Å². The maximum Gasteiger partial charge on any atom is 0.420 e. The normalized spacial score (nSPS) is 16.8. The van der Waals surface area contributed by atoms with Crippen LogP contribution in [0.4, 0.5) is 13.2 Å². The van der Waals surface area contributed by atoms with Crippen LogP contribution < -0.4 is 0 Å². The van der Waals surface area contributed by atoms with Crippen LogP contribution in [0.15, 0.2) is 59.7 Å². The maximum atomic E-state index is 13.8. The monoisotopic (exact) mass is 460 g/mol. The van der Waals surface area contributed by atoms with Crippen molar-refractivity contribution in [2.45, 2.75) is 25.1 Å². The van der Waals surface area contributed by atoms with E-state index in [4.69, 9.17) is 16.0 Å². The highest BCUT2D eigenvalue weighted by Gasteiger charge is 2.38. The van der Waals surface area contributed by atoms with Gasteiger partial charge in [0, 0.05) is 30.1 Å². The summed E-state index contributed by atoms with van der Waals surface area (Å²) in [7, 11) is 0. The first-order chi connectivity index (χ1) is 15.3. The number of alkyl halides is 3. The van der Waals surface area contributed by atoms with Crippen LogP contribution >= 0.6 is 11.6 Å². The lowest BCUT2D eigenvalue weighted by atomic mass is 10.1. The summed E-state index contributed by atoms with van der Waals surface area (Å²) in [5.74, 6) is -0.523. The maximum absolute atomic E-state index is 13.8. The average molecular weight is 461 g/mol. The summed E-state index contributed by atoms with van der Waals surface area (Å²) >= 11 is 6.43. The number of hydrogen-bond donors (Lipinski definition) is 0. The van der Waals surface area contributed by atoms with Crippen molar-refractivity contribution in [3.63, 3.8) is 0 Å². The predicted octanol–water partition coefficient (Wildman–Crippen LogP) is 5.64. The van der Waals surface area contributed by atoms with E-state index in [0.29, 0.717) is 18.5 Å². The number of hydrogen-bond acceptors (Lipinski definition) is 4. The molecule has 1 saturated heterocycles. The van der Waals surface area contributed by atoms with E-state index in [9.17, 15) is 18.0 Å². The second kappa shape index (κ2) is 7.67. The van der Waals surface area contributed by atoms with Crippen molar-refractivity contribution in [1.82, 2.24) is 19.3 Å². The van der Waals surface area contributed by atoms with Crippen LogP contribution in [0.25, 0.3) is 16.8 Å². The Morgan fingerprint density at radius 1 is 1.22 bits per heavy atom. The summed E-state index contributed by atoms with van der Waals surface area (Å²) in [5, 5.41) is -0.174. The fourth-order valence-corrected chi connectivity index (χ4v) is 4.33. The quantitative estimate of drug-likeness (QED) is 0.397. The third-order valence-corrected chi connectivity index (χ3v) is 5.93. The fourth-order valence-electron chi connectivity index (χ4n) is 4.07. The van der Waals surface area contributed by atoms with Gasteiger partial charge in [0.05, 0.1) is 29.8 Å². The standard InChI is InChI=1S/C22H16ClF3N4O2/c23-19-18(21(31)29-8-3-5-17(29)16-4-1-2-7-27-16)28-20-15(22(24,25)26)10-14(11-30(19)20)13-6-9-32-12-13/h1-2,4,6-7,9-12,17H,3,5,8H2. The molecule has 1 unspecified atom stereocenters. The molecule has 4 aromatic rings. The molecule has 0 spiro atoms. The minimum atomic E-state index is -4.69. The number of carbonyl (C=O) groups excluding carboxylic acids is 1. The number of furan rings is 1. The van der Waals surface area contributed by atoms with Crippen LogP contribution in [-0.2, 0) is 6.18 Å². The van der Waals surface area contributed by atoms with Gasteiger partial charge < -0.3 is 9.32 Å². The SMILES string of the molecule is O=C(c1nc2c(C(F)(F)F)cc(-c3ccoc3)cn2c1Cl)N1CCCC1c1ccccn1. The molecule has 0 N–H and O–H groups in total. The van der Waals surface area contributed by atoms with Gasteiger partial charge in [-0.05, 0) is 37.1 Å². The Balaban J connectivity index is 1.62. The van der Waals surface area contributed by atoms with Crippen LogP contribution in [0.2, 0.25) is 5.15 Å². The minimum absolute atomic E-state index is 0.174. The van der Waals surface area contributed by atoms with Gasteiger partial charge >= 0.3 is 6.18 Å². The number of halogens is 4. The van der Waals surface area contributed by atoms with Crippen molar-refractivity contribution in [3.05, 3.63) is 77.4 Å². The van der Waals surface area contributed by atoms with Crippen molar-refractivity contribution in [2.75, 3.05) is 6.54 Å². The molecule has 1 aliphatic rings. The Labute approximate surface area is 185 Å². The molecule has 0 aliphatic carbocycles. The van der Waals surface area contributed by atoms with Crippen molar-refractivity contribution >= 4 is 23.2 Å². The number of nitrogens with zero attached hydrogens (tertiary/aromatic N) is 4. The zero-order chi connectivity index (χ0) is 22.5. The van der Waals surface area contributed by atoms with Gasteiger partial charge in [0.1, 0.15) is 5.15 Å². The Hall–Kier alpha value is -3.33. The highest BCUT2D eigenvalue weighted by molar-refractivity contribution is 6.33. The molecule has 0 saturated carbocycles. The summed E-state index contributed by atoms with van der Waals surface area (Å²) in [6, 6.07) is 7.66. The summed E-state index contributed by atoms with van der Waals surface area (Å²) in [5.41, 5.74) is -0.221. The van der Waals surface area contributed by atoms with Gasteiger partial charge in [-0.15, -0.1) is 0 Å². The van der Waals surface area contributed by atoms with Gasteiger partial charge in [0.25, 0.3) is 5.91 Å². The molecule has 1 fully saturated rings. The lowest BCUT2D eigenvalue weighted by molar-refractivity contribution is -0.136. The van der Waals surface area contributed by atoms with Gasteiger partial charge in [-0.25, -0.2) is 4.98 Å². The first-order valence-electron chi connectivity index (χ1n) is 9.88. The molecular formula is C22H16ClF3N4O2. The number of pyridine rings is 2. The zero-order valence-electron chi connectivity index (χ0n) is 16.5. The second-order valence-corrected chi connectivity index (χ2v) is 7.87. The highest BCUT2D eigenvalue weighted by atomic mass is 35.5. The molecule has 10 heteroatoms. The topological polar surface area (TPSA) is 63.6 Å². The van der Waals surface area contributed by atoms with Crippen molar-refractivity contribution in [2.24, 2.45) is 0 Å². The van der Waals surface area contributed by atoms with Crippen molar-refractivity contribution < 1.29 is 22.4 Å². The molecule has 164 valence electrons. The second-order valence-electron chi connectivity index (χ2n) is 7.51. The van der Waals surface area contributed by atoms with E-state index in [1.807, 2.05) is 12.1 Å². The van der Waals surface area contributed by atoms with Crippen LogP contribution in [0.1, 0.15) is 40.6 Å². The number of imidazole rings is 1. The first-order valence-corrected chi connectivity index (χ1v) is 10.3. The Morgan fingerprint density at radius 3 is 2.75 bits per heavy atom. The van der Waals surface area contributed by atoms with E-state index in [0.717, 1.165) is 22.6 Å². The average Bonchev–Trinajstić information content (AvgIpc) is 3.53. The molecule has 1 amide bonds. The number of rotatable bonds is 3. The van der Waals surface area contributed by atoms with E-state index in [2.05, 4.69) is 9.97 Å². The molecule has 5 heterocycles. The number of amides is 1. The van der Waals surface area contributed by atoms with Crippen molar-refractivity contribution in [1.29, 1.82) is 0 Å². The van der Waals surface area contributed by atoms with Crippen LogP contribution in [0.5, 0.6) is 0 Å². The summed E-state index contributed by atoms with van der Waals surface area (Å²) < 4.78 is 47.6. The lowest BCUT2D eigenvalue weighted by Crippen LogP contribution is -2.31. The van der Waals surface area contributed by atoms with Gasteiger partial charge in [-0.2, -0.15) is 13.2 Å². The fraction of sp³-hybridized carbons (Fsp3) is 0.227. The van der Waals surface area contributed by atoms with E-state index in [-0.39, 0.29) is 22.5 Å². The summed E-state index contributed by atoms with van der Waals surface area (Å²) in [4.78, 5) is 23.3. The number of likely N-dealkylation sites (tertiary alicyclic amines) is 1. The number of carbonyl (C=O) groups is 1. The largest absolute Gasteiger partial charge is 0.472 e. The number of fused-ring (bicyclic) bond motifs is 1. The van der Waals surface area contributed by atoms with E-state index >= 15 is 0 Å². The van der Waals surface area contributed by atoms with Gasteiger partial charge in [-0.1, -0.05) is 17.7 Å². The number of aromatic nitrogens is 3. The van der Waals surface area contributed by atoms with Gasteiger partial charge in [0.2, 0.25) is 0 Å². The van der Waals surface area contributed by atoms with E-state index < -0.39 is 23.3 Å². The van der Waals surface area contributed by atoms with Crippen LogP contribution in [0, 0.1) is 0 Å². The molecular weight excluding hydrogens is 445 g/mol. The van der Waals surface area contributed by atoms with Crippen LogP contribution in [-0.4, -0.2) is 31.7 Å². The summed E-state index contributed by atoms with van der Waals surface area (Å²) in [6.07, 6.45) is 2.51. The summed E-state index contributed by atoms with van der Waals surface area (Å²) in [6.45, 7) is 0.441. The Bertz CT molecular complexity index is 1290. The molecule has 1 atom stereocenters. The smallest absolute Gasteiger partial charge is 0.420 e. The predicted molar refractivity (Wildman–Crippen MR) is 110 cm³/mol. The molecule has 0 aromatic carbocycles. The zero-order valence-corrected chi connectivity index (χ0v) is 17.3. The van der Waals surface area contributed by atoms with Crippen LogP contribution in [0.3, 0.4) is 0 Å². The molecule has 4 aromatic heterocycles. The molecule has 5 rings (SSSR count). The molecule has 0 bridgehead atoms. The molecule has 0 radical (unpaired) electrons. The molecule has 6 nitrogen and oxygen atoms in total. The van der Waals surface area contributed by atoms with Gasteiger partial charge in [-0.3, -0.25) is 14.2 Å². The third-order valence-electron chi connectivity index (χ3n) is 5.57. The molecule has 1 aliphatic heterocycles. The highest BCUT2D eigenvalue weighted by Crippen LogP contribution is 2.38. The van der Waals surface area contributed by atoms with Gasteiger partial charge in [0.15, 0.2) is 11.3 Å². The minimum Gasteiger partial charge on any atom is -0.472 e.